The zero-order valence-electron chi connectivity index (χ0n) is 8.59. The molecule has 1 aromatic heterocycles. The largest absolute Gasteiger partial charge is 0.351 e. The lowest BCUT2D eigenvalue weighted by molar-refractivity contribution is 0.0954. The number of carbonyl (C=O) groups excluding carboxylic acids is 1. The Morgan fingerprint density at radius 1 is 1.50 bits per heavy atom. The van der Waals surface area contributed by atoms with Crippen LogP contribution in [0.2, 0.25) is 0 Å². The van der Waals surface area contributed by atoms with Crippen molar-refractivity contribution in [2.75, 3.05) is 6.54 Å². The molecule has 1 amide bonds. The summed E-state index contributed by atoms with van der Waals surface area (Å²) in [6.07, 6.45) is 1.60. The number of aromatic amines is 1. The molecule has 3 nitrogen and oxygen atoms in total. The average Bonchev–Trinajstić information content (AvgIpc) is 2.68. The van der Waals surface area contributed by atoms with Crippen LogP contribution in [0.1, 0.15) is 10.5 Å². The van der Waals surface area contributed by atoms with E-state index in [1.165, 1.54) is 12.1 Å². The number of amides is 1. The first-order chi connectivity index (χ1) is 7.70. The minimum atomic E-state index is -0.315. The second-order valence-electron chi connectivity index (χ2n) is 3.41. The van der Waals surface area contributed by atoms with Crippen LogP contribution < -0.4 is 5.32 Å². The molecule has 0 atom stereocenters. The Labute approximate surface area is 92.0 Å². The van der Waals surface area contributed by atoms with Crippen LogP contribution in [-0.4, -0.2) is 17.4 Å². The average molecular weight is 218 g/mol. The minimum absolute atomic E-state index is 0.225. The van der Waals surface area contributed by atoms with Gasteiger partial charge in [0.25, 0.3) is 5.91 Å². The monoisotopic (exact) mass is 218 g/mol. The van der Waals surface area contributed by atoms with E-state index in [1.807, 2.05) is 0 Å². The fraction of sp³-hybridized carbons (Fsp3) is 0.0833. The Morgan fingerprint density at radius 2 is 2.31 bits per heavy atom. The Morgan fingerprint density at radius 3 is 3.06 bits per heavy atom. The van der Waals surface area contributed by atoms with Gasteiger partial charge in [0.1, 0.15) is 11.5 Å². The molecule has 2 rings (SSSR count). The van der Waals surface area contributed by atoms with Crippen LogP contribution in [0, 0.1) is 5.82 Å². The zero-order valence-corrected chi connectivity index (χ0v) is 8.59. The van der Waals surface area contributed by atoms with Crippen LogP contribution >= 0.6 is 0 Å². The number of halogens is 1. The molecule has 0 aliphatic carbocycles. The maximum Gasteiger partial charge on any atom is 0.267 e. The van der Waals surface area contributed by atoms with E-state index in [0.717, 1.165) is 5.52 Å². The molecule has 0 bridgehead atoms. The van der Waals surface area contributed by atoms with Crippen molar-refractivity contribution in [3.05, 3.63) is 48.4 Å². The van der Waals surface area contributed by atoms with E-state index < -0.39 is 0 Å². The predicted octanol–water partition coefficient (Wildman–Crippen LogP) is 2.22. The molecule has 0 radical (unpaired) electrons. The zero-order chi connectivity index (χ0) is 11.5. The predicted molar refractivity (Wildman–Crippen MR) is 60.8 cm³/mol. The maximum absolute atomic E-state index is 12.9. The molecule has 0 saturated heterocycles. The van der Waals surface area contributed by atoms with Gasteiger partial charge in [-0.15, -0.1) is 6.58 Å². The van der Waals surface area contributed by atoms with Gasteiger partial charge in [0.05, 0.1) is 0 Å². The number of hydrogen-bond donors (Lipinski definition) is 2. The lowest BCUT2D eigenvalue weighted by atomic mass is 10.2. The number of H-pyrrole nitrogens is 1. The lowest BCUT2D eigenvalue weighted by Gasteiger charge is -1.97. The molecule has 16 heavy (non-hydrogen) atoms. The molecule has 1 heterocycles. The van der Waals surface area contributed by atoms with Crippen LogP contribution in [0.25, 0.3) is 10.9 Å². The molecule has 4 heteroatoms. The summed E-state index contributed by atoms with van der Waals surface area (Å²) in [6.45, 7) is 3.91. The molecule has 0 unspecified atom stereocenters. The van der Waals surface area contributed by atoms with Gasteiger partial charge in [0, 0.05) is 17.4 Å². The van der Waals surface area contributed by atoms with Crippen molar-refractivity contribution in [2.45, 2.75) is 0 Å². The molecule has 2 aromatic rings. The van der Waals surface area contributed by atoms with Crippen molar-refractivity contribution >= 4 is 16.8 Å². The molecule has 0 aliphatic rings. The van der Waals surface area contributed by atoms with Gasteiger partial charge in [-0.3, -0.25) is 4.79 Å². The van der Waals surface area contributed by atoms with Crippen LogP contribution in [0.5, 0.6) is 0 Å². The van der Waals surface area contributed by atoms with Crippen LogP contribution in [-0.2, 0) is 0 Å². The van der Waals surface area contributed by atoms with Crippen molar-refractivity contribution in [3.63, 3.8) is 0 Å². The van der Waals surface area contributed by atoms with Crippen molar-refractivity contribution in [2.24, 2.45) is 0 Å². The van der Waals surface area contributed by atoms with E-state index in [-0.39, 0.29) is 11.7 Å². The lowest BCUT2D eigenvalue weighted by Crippen LogP contribution is -2.23. The topological polar surface area (TPSA) is 44.9 Å². The summed E-state index contributed by atoms with van der Waals surface area (Å²) in [6, 6.07) is 5.96. The van der Waals surface area contributed by atoms with E-state index in [4.69, 9.17) is 0 Å². The van der Waals surface area contributed by atoms with Crippen molar-refractivity contribution < 1.29 is 9.18 Å². The highest BCUT2D eigenvalue weighted by Crippen LogP contribution is 2.16. The highest BCUT2D eigenvalue weighted by Gasteiger charge is 2.08. The van der Waals surface area contributed by atoms with Gasteiger partial charge in [-0.05, 0) is 24.3 Å². The van der Waals surface area contributed by atoms with Crippen LogP contribution in [0.15, 0.2) is 36.9 Å². The number of nitrogens with one attached hydrogen (secondary N) is 2. The third-order valence-electron chi connectivity index (χ3n) is 2.23. The van der Waals surface area contributed by atoms with Crippen molar-refractivity contribution in [3.8, 4) is 0 Å². The number of benzene rings is 1. The Kier molecular flexibility index (Phi) is 2.72. The number of hydrogen-bond acceptors (Lipinski definition) is 1. The summed E-state index contributed by atoms with van der Waals surface area (Å²) in [5.74, 6) is -0.541. The first kappa shape index (κ1) is 10.4. The third-order valence-corrected chi connectivity index (χ3v) is 2.23. The molecule has 0 fully saturated rings. The summed E-state index contributed by atoms with van der Waals surface area (Å²) in [5.41, 5.74) is 1.16. The molecule has 0 aliphatic heterocycles. The quantitative estimate of drug-likeness (QED) is 0.762. The fourth-order valence-corrected chi connectivity index (χ4v) is 1.49. The third kappa shape index (κ3) is 1.95. The first-order valence-corrected chi connectivity index (χ1v) is 4.88. The Bertz CT molecular complexity index is 545. The summed E-state index contributed by atoms with van der Waals surface area (Å²) < 4.78 is 12.9. The normalized spacial score (nSPS) is 10.3. The van der Waals surface area contributed by atoms with E-state index in [9.17, 15) is 9.18 Å². The molecule has 82 valence electrons. The number of rotatable bonds is 3. The number of aromatic nitrogens is 1. The van der Waals surface area contributed by atoms with Crippen molar-refractivity contribution in [1.82, 2.24) is 10.3 Å². The van der Waals surface area contributed by atoms with Crippen LogP contribution in [0.4, 0.5) is 4.39 Å². The highest BCUT2D eigenvalue weighted by atomic mass is 19.1. The highest BCUT2D eigenvalue weighted by molar-refractivity contribution is 5.98. The molecular formula is C12H11FN2O. The summed E-state index contributed by atoms with van der Waals surface area (Å²) in [5, 5.41) is 3.33. The van der Waals surface area contributed by atoms with Gasteiger partial charge in [0.2, 0.25) is 0 Å². The van der Waals surface area contributed by atoms with Crippen LogP contribution in [0.3, 0.4) is 0 Å². The van der Waals surface area contributed by atoms with E-state index in [0.29, 0.717) is 17.6 Å². The Hall–Kier alpha value is -2.10. The van der Waals surface area contributed by atoms with Gasteiger partial charge >= 0.3 is 0 Å². The summed E-state index contributed by atoms with van der Waals surface area (Å²) in [4.78, 5) is 14.5. The van der Waals surface area contributed by atoms with Gasteiger partial charge < -0.3 is 10.3 Å². The molecular weight excluding hydrogens is 207 g/mol. The van der Waals surface area contributed by atoms with E-state index >= 15 is 0 Å². The molecule has 1 aromatic carbocycles. The fourth-order valence-electron chi connectivity index (χ4n) is 1.49. The maximum atomic E-state index is 12.9. The van der Waals surface area contributed by atoms with E-state index in [1.54, 1.807) is 18.2 Å². The second-order valence-corrected chi connectivity index (χ2v) is 3.41. The van der Waals surface area contributed by atoms with Crippen molar-refractivity contribution in [1.29, 1.82) is 0 Å². The second kappa shape index (κ2) is 4.18. The van der Waals surface area contributed by atoms with Gasteiger partial charge in [-0.1, -0.05) is 6.08 Å². The van der Waals surface area contributed by atoms with Gasteiger partial charge in [-0.2, -0.15) is 0 Å². The minimum Gasteiger partial charge on any atom is -0.351 e. The van der Waals surface area contributed by atoms with Gasteiger partial charge in [-0.25, -0.2) is 4.39 Å². The first-order valence-electron chi connectivity index (χ1n) is 4.88. The smallest absolute Gasteiger partial charge is 0.267 e. The van der Waals surface area contributed by atoms with E-state index in [2.05, 4.69) is 16.9 Å². The van der Waals surface area contributed by atoms with Gasteiger partial charge in [0.15, 0.2) is 0 Å². The SMILES string of the molecule is C=CCNC(=O)c1cc2cc(F)ccc2[nH]1. The number of carbonyl (C=O) groups is 1. The standard InChI is InChI=1S/C12H11FN2O/c1-2-5-14-12(16)11-7-8-6-9(13)3-4-10(8)15-11/h2-4,6-7,15H,1,5H2,(H,14,16). The molecule has 2 N–H and O–H groups in total. The Balaban J connectivity index is 2.32. The summed E-state index contributed by atoms with van der Waals surface area (Å²) >= 11 is 0. The molecule has 0 spiro atoms. The molecule has 0 saturated carbocycles. The summed E-state index contributed by atoms with van der Waals surface area (Å²) in [7, 11) is 0. The number of fused-ring (bicyclic) bond motifs is 1.